The molecule has 1 aromatic carbocycles. The Morgan fingerprint density at radius 1 is 1.40 bits per heavy atom. The number of nitrogens with zero attached hydrogens (tertiary/aromatic N) is 1. The number of hydrogen-bond donors (Lipinski definition) is 0. The lowest BCUT2D eigenvalue weighted by Crippen LogP contribution is -2.27. The summed E-state index contributed by atoms with van der Waals surface area (Å²) in [5, 5.41) is 0. The maximum absolute atomic E-state index is 11.9. The van der Waals surface area contributed by atoms with Crippen LogP contribution >= 0.6 is 0 Å². The van der Waals surface area contributed by atoms with Crippen molar-refractivity contribution in [2.24, 2.45) is 0 Å². The van der Waals surface area contributed by atoms with E-state index in [0.717, 1.165) is 42.1 Å². The van der Waals surface area contributed by atoms with E-state index in [9.17, 15) is 4.79 Å². The van der Waals surface area contributed by atoms with E-state index >= 15 is 0 Å². The molecule has 0 atom stereocenters. The second-order valence-corrected chi connectivity index (χ2v) is 4.70. The Morgan fingerprint density at radius 3 is 3.10 bits per heavy atom. The second-order valence-electron chi connectivity index (χ2n) is 4.70. The average molecular weight is 275 g/mol. The fourth-order valence-electron chi connectivity index (χ4n) is 2.45. The van der Waals surface area contributed by atoms with Gasteiger partial charge < -0.3 is 14.2 Å². The number of fused-ring (bicyclic) bond motifs is 1. The standard InChI is InChI=1S/C15H17NO4/c1-2-18-15(17)16-7-3-4-12(16)8-11-5-6-13-14(9-11)20-10-19-13/h5-6,8-9H,2-4,7,10H2,1H3/b12-8-. The smallest absolute Gasteiger partial charge is 0.414 e. The molecule has 106 valence electrons. The van der Waals surface area contributed by atoms with Crippen LogP contribution in [0, 0.1) is 0 Å². The number of amides is 1. The molecular weight excluding hydrogens is 258 g/mol. The number of carbonyl (C=O) groups is 1. The number of benzene rings is 1. The Balaban J connectivity index is 1.82. The van der Waals surface area contributed by atoms with Crippen molar-refractivity contribution in [3.63, 3.8) is 0 Å². The van der Waals surface area contributed by atoms with Gasteiger partial charge in [-0.25, -0.2) is 4.79 Å². The van der Waals surface area contributed by atoms with E-state index in [1.54, 1.807) is 4.90 Å². The van der Waals surface area contributed by atoms with E-state index < -0.39 is 0 Å². The number of allylic oxidation sites excluding steroid dienone is 1. The van der Waals surface area contributed by atoms with Gasteiger partial charge in [-0.3, -0.25) is 4.90 Å². The second kappa shape index (κ2) is 5.45. The summed E-state index contributed by atoms with van der Waals surface area (Å²) in [5.41, 5.74) is 1.99. The maximum Gasteiger partial charge on any atom is 0.414 e. The van der Waals surface area contributed by atoms with Gasteiger partial charge in [0, 0.05) is 12.2 Å². The number of carbonyl (C=O) groups excluding carboxylic acids is 1. The van der Waals surface area contributed by atoms with E-state index in [1.807, 2.05) is 31.2 Å². The van der Waals surface area contributed by atoms with Crippen LogP contribution in [0.4, 0.5) is 4.79 Å². The van der Waals surface area contributed by atoms with Crippen LogP contribution in [0.1, 0.15) is 25.3 Å². The summed E-state index contributed by atoms with van der Waals surface area (Å²) in [4.78, 5) is 13.6. The third kappa shape index (κ3) is 2.43. The molecule has 3 rings (SSSR count). The van der Waals surface area contributed by atoms with Crippen molar-refractivity contribution < 1.29 is 19.0 Å². The van der Waals surface area contributed by atoms with E-state index in [-0.39, 0.29) is 12.9 Å². The molecule has 5 nitrogen and oxygen atoms in total. The molecule has 0 saturated carbocycles. The highest BCUT2D eigenvalue weighted by Crippen LogP contribution is 2.34. The van der Waals surface area contributed by atoms with Crippen LogP contribution in [-0.2, 0) is 4.74 Å². The highest BCUT2D eigenvalue weighted by atomic mass is 16.7. The zero-order valence-corrected chi connectivity index (χ0v) is 11.4. The van der Waals surface area contributed by atoms with Crippen molar-refractivity contribution in [2.45, 2.75) is 19.8 Å². The monoisotopic (exact) mass is 275 g/mol. The fourth-order valence-corrected chi connectivity index (χ4v) is 2.45. The van der Waals surface area contributed by atoms with Crippen molar-refractivity contribution in [3.8, 4) is 11.5 Å². The minimum Gasteiger partial charge on any atom is -0.454 e. The molecule has 2 heterocycles. The Bertz CT molecular complexity index is 553. The van der Waals surface area contributed by atoms with Gasteiger partial charge in [0.15, 0.2) is 11.5 Å². The van der Waals surface area contributed by atoms with Crippen molar-refractivity contribution in [1.29, 1.82) is 0 Å². The Morgan fingerprint density at radius 2 is 2.25 bits per heavy atom. The number of likely N-dealkylation sites (tertiary alicyclic amines) is 1. The predicted octanol–water partition coefficient (Wildman–Crippen LogP) is 3.01. The van der Waals surface area contributed by atoms with Gasteiger partial charge in [0.1, 0.15) is 0 Å². The molecular formula is C15H17NO4. The summed E-state index contributed by atoms with van der Waals surface area (Å²) in [6, 6.07) is 5.78. The van der Waals surface area contributed by atoms with Crippen molar-refractivity contribution in [1.82, 2.24) is 4.90 Å². The molecule has 0 unspecified atom stereocenters. The molecule has 1 saturated heterocycles. The van der Waals surface area contributed by atoms with Gasteiger partial charge in [0.25, 0.3) is 0 Å². The topological polar surface area (TPSA) is 48.0 Å². The van der Waals surface area contributed by atoms with E-state index in [1.165, 1.54) is 0 Å². The fraction of sp³-hybridized carbons (Fsp3) is 0.400. The van der Waals surface area contributed by atoms with Gasteiger partial charge >= 0.3 is 6.09 Å². The molecule has 1 amide bonds. The predicted molar refractivity (Wildman–Crippen MR) is 73.5 cm³/mol. The van der Waals surface area contributed by atoms with E-state index in [4.69, 9.17) is 14.2 Å². The molecule has 2 aliphatic rings. The van der Waals surface area contributed by atoms with Crippen molar-refractivity contribution in [2.75, 3.05) is 19.9 Å². The Hall–Kier alpha value is -2.17. The van der Waals surface area contributed by atoms with Crippen molar-refractivity contribution >= 4 is 12.2 Å². The van der Waals surface area contributed by atoms with Crippen LogP contribution in [0.2, 0.25) is 0 Å². The first-order valence-corrected chi connectivity index (χ1v) is 6.82. The highest BCUT2D eigenvalue weighted by Gasteiger charge is 2.24. The summed E-state index contributed by atoms with van der Waals surface area (Å²) < 4.78 is 15.7. The Labute approximate surface area is 117 Å². The van der Waals surface area contributed by atoms with Gasteiger partial charge in [0.05, 0.1) is 6.61 Å². The average Bonchev–Trinajstić information content (AvgIpc) is 3.07. The minimum absolute atomic E-state index is 0.267. The van der Waals surface area contributed by atoms with Gasteiger partial charge in [-0.1, -0.05) is 6.07 Å². The minimum atomic E-state index is -0.267. The first-order valence-electron chi connectivity index (χ1n) is 6.82. The molecule has 20 heavy (non-hydrogen) atoms. The molecule has 1 fully saturated rings. The summed E-state index contributed by atoms with van der Waals surface area (Å²) >= 11 is 0. The maximum atomic E-state index is 11.9. The Kier molecular flexibility index (Phi) is 3.50. The summed E-state index contributed by atoms with van der Waals surface area (Å²) in [6.07, 6.45) is 3.59. The first-order chi connectivity index (χ1) is 9.78. The van der Waals surface area contributed by atoms with Gasteiger partial charge in [-0.2, -0.15) is 0 Å². The quantitative estimate of drug-likeness (QED) is 0.832. The molecule has 0 aromatic heterocycles. The summed E-state index contributed by atoms with van der Waals surface area (Å²) in [5.74, 6) is 1.51. The molecule has 0 N–H and O–H groups in total. The molecule has 0 aliphatic carbocycles. The molecule has 0 bridgehead atoms. The molecule has 0 radical (unpaired) electrons. The molecule has 2 aliphatic heterocycles. The van der Waals surface area contributed by atoms with Crippen LogP contribution in [0.3, 0.4) is 0 Å². The van der Waals surface area contributed by atoms with Gasteiger partial charge in [0.2, 0.25) is 6.79 Å². The van der Waals surface area contributed by atoms with Crippen LogP contribution in [0.25, 0.3) is 6.08 Å². The van der Waals surface area contributed by atoms with Crippen LogP contribution in [-0.4, -0.2) is 30.9 Å². The van der Waals surface area contributed by atoms with E-state index in [0.29, 0.717) is 6.61 Å². The number of ether oxygens (including phenoxy) is 3. The van der Waals surface area contributed by atoms with E-state index in [2.05, 4.69) is 0 Å². The van der Waals surface area contributed by atoms with Gasteiger partial charge in [-0.15, -0.1) is 0 Å². The zero-order chi connectivity index (χ0) is 13.9. The van der Waals surface area contributed by atoms with Crippen molar-refractivity contribution in [3.05, 3.63) is 29.5 Å². The molecule has 1 aromatic rings. The third-order valence-electron chi connectivity index (χ3n) is 3.38. The third-order valence-corrected chi connectivity index (χ3v) is 3.38. The SMILES string of the molecule is CCOC(=O)N1CCC/C1=C/c1ccc2c(c1)OCO2. The largest absolute Gasteiger partial charge is 0.454 e. The molecule has 0 spiro atoms. The normalized spacial score (nSPS) is 18.6. The lowest BCUT2D eigenvalue weighted by atomic mass is 10.1. The summed E-state index contributed by atoms with van der Waals surface area (Å²) in [7, 11) is 0. The lowest BCUT2D eigenvalue weighted by molar-refractivity contribution is 0.123. The summed E-state index contributed by atoms with van der Waals surface area (Å²) in [6.45, 7) is 3.20. The first kappa shape index (κ1) is 12.8. The van der Waals surface area contributed by atoms with Crippen LogP contribution < -0.4 is 9.47 Å². The van der Waals surface area contributed by atoms with Crippen LogP contribution in [0.5, 0.6) is 11.5 Å². The number of rotatable bonds is 2. The van der Waals surface area contributed by atoms with Gasteiger partial charge in [-0.05, 0) is 43.5 Å². The lowest BCUT2D eigenvalue weighted by Gasteiger charge is -2.17. The molecule has 5 heteroatoms. The number of hydrogen-bond acceptors (Lipinski definition) is 4. The zero-order valence-electron chi connectivity index (χ0n) is 11.4. The van der Waals surface area contributed by atoms with Crippen LogP contribution in [0.15, 0.2) is 23.9 Å². The highest BCUT2D eigenvalue weighted by molar-refractivity contribution is 5.73.